The average Bonchev–Trinajstić information content (AvgIpc) is 2.77. The Morgan fingerprint density at radius 3 is 2.89 bits per heavy atom. The number of nitrogens with zero attached hydrogens (tertiary/aromatic N) is 1. The molecule has 1 aliphatic carbocycles. The number of aliphatic hydroxyl groups excluding tert-OH is 1. The molecule has 0 spiro atoms. The summed E-state index contributed by atoms with van der Waals surface area (Å²) in [7, 11) is 0. The summed E-state index contributed by atoms with van der Waals surface area (Å²) < 4.78 is 5.84. The lowest BCUT2D eigenvalue weighted by Gasteiger charge is -2.43. The third-order valence-electron chi connectivity index (χ3n) is 4.14. The van der Waals surface area contributed by atoms with Crippen LogP contribution in [0.25, 0.3) is 0 Å². The van der Waals surface area contributed by atoms with Gasteiger partial charge in [-0.15, -0.1) is 0 Å². The quantitative estimate of drug-likeness (QED) is 0.770. The maximum atomic E-state index is 9.68. The molecule has 2 rings (SSSR count). The van der Waals surface area contributed by atoms with Gasteiger partial charge >= 0.3 is 0 Å². The number of ether oxygens (including phenoxy) is 1. The fraction of sp³-hybridized carbons (Fsp3) is 1.00. The largest absolute Gasteiger partial charge is 0.394 e. The van der Waals surface area contributed by atoms with Crippen molar-refractivity contribution in [2.24, 2.45) is 0 Å². The van der Waals surface area contributed by atoms with Gasteiger partial charge in [0.15, 0.2) is 0 Å². The van der Waals surface area contributed by atoms with Crippen LogP contribution in [0, 0.1) is 0 Å². The first-order valence-electron chi connectivity index (χ1n) is 7.28. The highest BCUT2D eigenvalue weighted by atomic mass is 16.5. The summed E-state index contributed by atoms with van der Waals surface area (Å²) in [5, 5.41) is 13.2. The summed E-state index contributed by atoms with van der Waals surface area (Å²) in [6, 6.07) is 0.959. The summed E-state index contributed by atoms with van der Waals surface area (Å²) in [4.78, 5) is 2.52. The number of rotatable bonds is 5. The van der Waals surface area contributed by atoms with Gasteiger partial charge in [-0.1, -0.05) is 13.8 Å². The Morgan fingerprint density at radius 2 is 2.22 bits per heavy atom. The zero-order valence-corrected chi connectivity index (χ0v) is 12.0. The van der Waals surface area contributed by atoms with E-state index in [2.05, 4.69) is 31.0 Å². The van der Waals surface area contributed by atoms with E-state index in [-0.39, 0.29) is 12.1 Å². The number of nitrogens with one attached hydrogen (secondary N) is 1. The Morgan fingerprint density at radius 1 is 1.44 bits per heavy atom. The molecule has 1 saturated carbocycles. The molecule has 2 aliphatic rings. The summed E-state index contributed by atoms with van der Waals surface area (Å²) in [5.74, 6) is 0. The van der Waals surface area contributed by atoms with Gasteiger partial charge in [0.1, 0.15) is 0 Å². The van der Waals surface area contributed by atoms with Crippen molar-refractivity contribution in [3.05, 3.63) is 0 Å². The van der Waals surface area contributed by atoms with Gasteiger partial charge in [0.2, 0.25) is 0 Å². The first-order valence-corrected chi connectivity index (χ1v) is 7.28. The van der Waals surface area contributed by atoms with E-state index < -0.39 is 0 Å². The Labute approximate surface area is 111 Å². The smallest absolute Gasteiger partial charge is 0.0730 e. The highest BCUT2D eigenvalue weighted by molar-refractivity contribution is 4.95. The van der Waals surface area contributed by atoms with Gasteiger partial charge in [0.05, 0.1) is 24.9 Å². The van der Waals surface area contributed by atoms with E-state index in [4.69, 9.17) is 4.74 Å². The lowest BCUT2D eigenvalue weighted by Crippen LogP contribution is -2.60. The number of aliphatic hydroxyl groups is 1. The number of hydrogen-bond acceptors (Lipinski definition) is 4. The molecule has 0 radical (unpaired) electrons. The molecule has 4 heteroatoms. The van der Waals surface area contributed by atoms with Crippen LogP contribution in [-0.2, 0) is 4.74 Å². The van der Waals surface area contributed by atoms with Crippen LogP contribution in [0.5, 0.6) is 0 Å². The van der Waals surface area contributed by atoms with Gasteiger partial charge in [-0.3, -0.25) is 4.90 Å². The van der Waals surface area contributed by atoms with Gasteiger partial charge < -0.3 is 15.2 Å². The molecule has 4 nitrogen and oxygen atoms in total. The van der Waals surface area contributed by atoms with Gasteiger partial charge in [-0.05, 0) is 26.2 Å². The number of hydrogen-bond donors (Lipinski definition) is 2. The van der Waals surface area contributed by atoms with Gasteiger partial charge in [-0.25, -0.2) is 0 Å². The first-order chi connectivity index (χ1) is 8.54. The van der Waals surface area contributed by atoms with Crippen molar-refractivity contribution in [2.45, 2.75) is 63.8 Å². The predicted molar refractivity (Wildman–Crippen MR) is 72.7 cm³/mol. The second-order valence-electron chi connectivity index (χ2n) is 6.40. The van der Waals surface area contributed by atoms with Crippen molar-refractivity contribution >= 4 is 0 Å². The zero-order chi connectivity index (χ0) is 13.2. The molecule has 0 bridgehead atoms. The molecule has 0 aromatic carbocycles. The van der Waals surface area contributed by atoms with E-state index >= 15 is 0 Å². The molecule has 106 valence electrons. The normalized spacial score (nSPS) is 32.5. The number of fused-ring (bicyclic) bond motifs is 1. The standard InChI is InChI=1S/C14H28N2O2/c1-11(2)15-14(3,10-17)9-16-7-8-18-13-6-4-5-12(13)16/h11-13,15,17H,4-10H2,1-3H3. The maximum Gasteiger partial charge on any atom is 0.0730 e. The topological polar surface area (TPSA) is 44.7 Å². The van der Waals surface area contributed by atoms with Gasteiger partial charge in [0.25, 0.3) is 0 Å². The monoisotopic (exact) mass is 256 g/mol. The molecule has 3 unspecified atom stereocenters. The third kappa shape index (κ3) is 3.23. The van der Waals surface area contributed by atoms with E-state index in [1.807, 2.05) is 0 Å². The minimum absolute atomic E-state index is 0.180. The van der Waals surface area contributed by atoms with Crippen molar-refractivity contribution < 1.29 is 9.84 Å². The molecule has 18 heavy (non-hydrogen) atoms. The van der Waals surface area contributed by atoms with E-state index in [1.165, 1.54) is 19.3 Å². The molecule has 1 saturated heterocycles. The Balaban J connectivity index is 1.97. The highest BCUT2D eigenvalue weighted by Gasteiger charge is 2.39. The van der Waals surface area contributed by atoms with Crippen LogP contribution in [-0.4, -0.2) is 60.0 Å². The van der Waals surface area contributed by atoms with E-state index in [9.17, 15) is 5.11 Å². The van der Waals surface area contributed by atoms with Crippen LogP contribution in [0.2, 0.25) is 0 Å². The minimum atomic E-state index is -0.210. The fourth-order valence-electron chi connectivity index (χ4n) is 3.49. The van der Waals surface area contributed by atoms with Crippen LogP contribution in [0.1, 0.15) is 40.0 Å². The number of morpholine rings is 1. The second-order valence-corrected chi connectivity index (χ2v) is 6.40. The average molecular weight is 256 g/mol. The predicted octanol–water partition coefficient (Wildman–Crippen LogP) is 0.989. The van der Waals surface area contributed by atoms with Crippen LogP contribution in [0.3, 0.4) is 0 Å². The van der Waals surface area contributed by atoms with Crippen molar-refractivity contribution in [2.75, 3.05) is 26.3 Å². The SMILES string of the molecule is CC(C)NC(C)(CO)CN1CCOC2CCCC21. The maximum absolute atomic E-state index is 9.68. The molecule has 2 N–H and O–H groups in total. The lowest BCUT2D eigenvalue weighted by atomic mass is 9.99. The Kier molecular flexibility index (Phi) is 4.64. The third-order valence-corrected chi connectivity index (χ3v) is 4.14. The van der Waals surface area contributed by atoms with Crippen molar-refractivity contribution in [1.82, 2.24) is 10.2 Å². The zero-order valence-electron chi connectivity index (χ0n) is 12.0. The fourth-order valence-corrected chi connectivity index (χ4v) is 3.49. The molecular formula is C14H28N2O2. The van der Waals surface area contributed by atoms with Crippen LogP contribution in [0.4, 0.5) is 0 Å². The second kappa shape index (κ2) is 5.87. The van der Waals surface area contributed by atoms with Crippen LogP contribution in [0.15, 0.2) is 0 Å². The molecule has 1 aliphatic heterocycles. The summed E-state index contributed by atoms with van der Waals surface area (Å²) in [6.45, 7) is 9.30. The molecule has 3 atom stereocenters. The molecule has 1 heterocycles. The molecular weight excluding hydrogens is 228 g/mol. The molecule has 2 fully saturated rings. The van der Waals surface area contributed by atoms with E-state index in [0.717, 1.165) is 19.7 Å². The van der Waals surface area contributed by atoms with Crippen molar-refractivity contribution in [1.29, 1.82) is 0 Å². The van der Waals surface area contributed by atoms with Crippen molar-refractivity contribution in [3.8, 4) is 0 Å². The Bertz CT molecular complexity index is 273. The summed E-state index contributed by atoms with van der Waals surface area (Å²) in [5.41, 5.74) is -0.210. The molecule has 0 amide bonds. The first kappa shape index (κ1) is 14.3. The summed E-state index contributed by atoms with van der Waals surface area (Å²) in [6.07, 6.45) is 4.16. The highest BCUT2D eigenvalue weighted by Crippen LogP contribution is 2.30. The van der Waals surface area contributed by atoms with Gasteiger partial charge in [0, 0.05) is 25.2 Å². The van der Waals surface area contributed by atoms with E-state index in [0.29, 0.717) is 18.2 Å². The Hall–Kier alpha value is -0.160. The molecule has 0 aromatic rings. The lowest BCUT2D eigenvalue weighted by molar-refractivity contribution is -0.0665. The molecule has 0 aromatic heterocycles. The van der Waals surface area contributed by atoms with Crippen LogP contribution >= 0.6 is 0 Å². The van der Waals surface area contributed by atoms with E-state index in [1.54, 1.807) is 0 Å². The van der Waals surface area contributed by atoms with Gasteiger partial charge in [-0.2, -0.15) is 0 Å². The minimum Gasteiger partial charge on any atom is -0.394 e. The van der Waals surface area contributed by atoms with Crippen molar-refractivity contribution in [3.63, 3.8) is 0 Å². The van der Waals surface area contributed by atoms with Crippen LogP contribution < -0.4 is 5.32 Å². The summed E-state index contributed by atoms with van der Waals surface area (Å²) >= 11 is 0.